The van der Waals surface area contributed by atoms with Crippen molar-refractivity contribution < 1.29 is 36.6 Å². The molecule has 168 valence electrons. The van der Waals surface area contributed by atoms with E-state index in [1.807, 2.05) is 0 Å². The summed E-state index contributed by atoms with van der Waals surface area (Å²) < 4.78 is 58.1. The lowest BCUT2D eigenvalue weighted by atomic mass is 10.1. The molecular formula is C19H13F5N4O4. The highest BCUT2D eigenvalue weighted by atomic mass is 19.4. The lowest BCUT2D eigenvalue weighted by Gasteiger charge is -2.07. The molecule has 0 unspecified atom stereocenters. The number of nitrogens with zero attached hydrogens (tertiary/aromatic N) is 2. The van der Waals surface area contributed by atoms with Crippen molar-refractivity contribution in [2.24, 2.45) is 0 Å². The number of nitrogens with one attached hydrogen (secondary N) is 2. The van der Waals surface area contributed by atoms with Crippen LogP contribution in [-0.4, -0.2) is 38.3 Å². The number of benzene rings is 1. The molecule has 0 radical (unpaired) electrons. The van der Waals surface area contributed by atoms with Gasteiger partial charge in [0.2, 0.25) is 0 Å². The Labute approximate surface area is 175 Å². The fourth-order valence-corrected chi connectivity index (χ4v) is 2.24. The van der Waals surface area contributed by atoms with Gasteiger partial charge in [-0.15, -0.1) is 0 Å². The Balaban J connectivity index is 0.000000451. The summed E-state index contributed by atoms with van der Waals surface area (Å²) >= 11 is 0. The Hall–Kier alpha value is -4.16. The maximum absolute atomic E-state index is 13.2. The molecule has 0 saturated carbocycles. The van der Waals surface area contributed by atoms with Crippen LogP contribution >= 0.6 is 0 Å². The lowest BCUT2D eigenvalue weighted by molar-refractivity contribution is -0.192. The maximum atomic E-state index is 13.2. The number of H-pyrrole nitrogens is 1. The number of aromatic nitrogens is 3. The summed E-state index contributed by atoms with van der Waals surface area (Å²) in [6.07, 6.45) is -1.97. The Morgan fingerprint density at radius 3 is 2.12 bits per heavy atom. The van der Waals surface area contributed by atoms with Gasteiger partial charge in [-0.2, -0.15) is 18.3 Å². The molecular weight excluding hydrogens is 443 g/mol. The van der Waals surface area contributed by atoms with Gasteiger partial charge >= 0.3 is 12.1 Å². The standard InChI is InChI=1S/C17H12F2N4O2.C2HF3O2/c18-12-5-10(6-13(19)7-12)9-21-16(24)14-8-15(22-23-17(14)25)11-1-3-20-4-2-11;3-2(4,5)1(6)7/h1-8H,9H2,(H,21,24)(H,23,25);(H,6,7). The summed E-state index contributed by atoms with van der Waals surface area (Å²) in [7, 11) is 0. The fourth-order valence-electron chi connectivity index (χ4n) is 2.24. The van der Waals surface area contributed by atoms with Crippen molar-refractivity contribution in [2.75, 3.05) is 0 Å². The third kappa shape index (κ3) is 6.97. The molecule has 3 aromatic rings. The minimum absolute atomic E-state index is 0.125. The van der Waals surface area contributed by atoms with Crippen LogP contribution in [0, 0.1) is 11.6 Å². The van der Waals surface area contributed by atoms with Crippen molar-refractivity contribution >= 4 is 11.9 Å². The number of rotatable bonds is 4. The molecule has 8 nitrogen and oxygen atoms in total. The Kier molecular flexibility index (Phi) is 7.71. The van der Waals surface area contributed by atoms with E-state index in [4.69, 9.17) is 9.90 Å². The van der Waals surface area contributed by atoms with Crippen LogP contribution in [0.5, 0.6) is 0 Å². The number of halogens is 5. The number of hydrogen-bond donors (Lipinski definition) is 3. The predicted molar refractivity (Wildman–Crippen MR) is 99.3 cm³/mol. The predicted octanol–water partition coefficient (Wildman–Crippen LogP) is 2.67. The Bertz CT molecular complexity index is 1150. The number of carboxylic acid groups (broad SMARTS) is 1. The summed E-state index contributed by atoms with van der Waals surface area (Å²) in [5.74, 6) is -4.92. The molecule has 0 saturated heterocycles. The third-order valence-corrected chi connectivity index (χ3v) is 3.64. The summed E-state index contributed by atoms with van der Waals surface area (Å²) in [4.78, 5) is 36.9. The molecule has 1 amide bonds. The molecule has 2 aromatic heterocycles. The average molecular weight is 456 g/mol. The molecule has 1 aromatic carbocycles. The molecule has 0 atom stereocenters. The van der Waals surface area contributed by atoms with E-state index in [1.54, 1.807) is 24.5 Å². The number of amides is 1. The van der Waals surface area contributed by atoms with Crippen LogP contribution in [0.1, 0.15) is 15.9 Å². The first kappa shape index (κ1) is 24.1. The van der Waals surface area contributed by atoms with Crippen LogP contribution in [0.25, 0.3) is 11.3 Å². The maximum Gasteiger partial charge on any atom is 0.490 e. The number of carboxylic acids is 1. The zero-order chi connectivity index (χ0) is 23.9. The molecule has 3 N–H and O–H groups in total. The van der Waals surface area contributed by atoms with Gasteiger partial charge in [0, 0.05) is 30.6 Å². The second-order valence-electron chi connectivity index (χ2n) is 6.00. The highest BCUT2D eigenvalue weighted by molar-refractivity contribution is 5.94. The van der Waals surface area contributed by atoms with E-state index in [2.05, 4.69) is 20.5 Å². The van der Waals surface area contributed by atoms with Crippen molar-refractivity contribution in [1.82, 2.24) is 20.5 Å². The van der Waals surface area contributed by atoms with E-state index in [-0.39, 0.29) is 17.7 Å². The highest BCUT2D eigenvalue weighted by Gasteiger charge is 2.38. The van der Waals surface area contributed by atoms with Crippen LogP contribution in [-0.2, 0) is 11.3 Å². The first-order valence-electron chi connectivity index (χ1n) is 8.51. The van der Waals surface area contributed by atoms with Crippen molar-refractivity contribution in [3.63, 3.8) is 0 Å². The molecule has 32 heavy (non-hydrogen) atoms. The average Bonchev–Trinajstić information content (AvgIpc) is 2.72. The minimum Gasteiger partial charge on any atom is -0.475 e. The number of carbonyl (C=O) groups is 2. The monoisotopic (exact) mass is 456 g/mol. The number of pyridine rings is 1. The molecule has 0 aliphatic heterocycles. The summed E-state index contributed by atoms with van der Waals surface area (Å²) in [5.41, 5.74) is 0.488. The minimum atomic E-state index is -5.08. The second kappa shape index (κ2) is 10.2. The number of carbonyl (C=O) groups excluding carboxylic acids is 1. The van der Waals surface area contributed by atoms with Gasteiger partial charge in [0.15, 0.2) is 0 Å². The molecule has 3 rings (SSSR count). The van der Waals surface area contributed by atoms with Crippen LogP contribution in [0.15, 0.2) is 53.6 Å². The molecule has 2 heterocycles. The zero-order valence-electron chi connectivity index (χ0n) is 15.8. The fraction of sp³-hybridized carbons (Fsp3) is 0.105. The van der Waals surface area contributed by atoms with E-state index in [0.29, 0.717) is 11.3 Å². The molecule has 13 heteroatoms. The van der Waals surface area contributed by atoms with Gasteiger partial charge < -0.3 is 10.4 Å². The first-order chi connectivity index (χ1) is 15.0. The largest absolute Gasteiger partial charge is 0.490 e. The van der Waals surface area contributed by atoms with E-state index < -0.39 is 35.2 Å². The van der Waals surface area contributed by atoms with Crippen molar-refractivity contribution in [2.45, 2.75) is 12.7 Å². The van der Waals surface area contributed by atoms with Gasteiger partial charge in [0.05, 0.1) is 5.69 Å². The second-order valence-corrected chi connectivity index (χ2v) is 6.00. The van der Waals surface area contributed by atoms with Gasteiger partial charge in [-0.05, 0) is 35.9 Å². The first-order valence-corrected chi connectivity index (χ1v) is 8.51. The topological polar surface area (TPSA) is 125 Å². The van der Waals surface area contributed by atoms with E-state index in [0.717, 1.165) is 18.2 Å². The summed E-state index contributed by atoms with van der Waals surface area (Å²) in [6.45, 7) is -0.125. The summed E-state index contributed by atoms with van der Waals surface area (Å²) in [6, 6.07) is 7.64. The van der Waals surface area contributed by atoms with E-state index >= 15 is 0 Å². The molecule has 0 aliphatic rings. The molecule has 0 fully saturated rings. The van der Waals surface area contributed by atoms with E-state index in [9.17, 15) is 31.5 Å². The van der Waals surface area contributed by atoms with Gasteiger partial charge in [0.1, 0.15) is 17.2 Å². The quantitative estimate of drug-likeness (QED) is 0.519. The zero-order valence-corrected chi connectivity index (χ0v) is 15.8. The number of aromatic amines is 1. The number of hydrogen-bond acceptors (Lipinski definition) is 5. The van der Waals surface area contributed by atoms with Crippen LogP contribution in [0.3, 0.4) is 0 Å². The Morgan fingerprint density at radius 2 is 1.59 bits per heavy atom. The third-order valence-electron chi connectivity index (χ3n) is 3.64. The number of aliphatic carboxylic acids is 1. The van der Waals surface area contributed by atoms with Gasteiger partial charge in [-0.25, -0.2) is 18.7 Å². The summed E-state index contributed by atoms with van der Waals surface area (Å²) in [5, 5.41) is 15.7. The lowest BCUT2D eigenvalue weighted by Crippen LogP contribution is -2.29. The van der Waals surface area contributed by atoms with Crippen molar-refractivity contribution in [1.29, 1.82) is 0 Å². The smallest absolute Gasteiger partial charge is 0.475 e. The molecule has 0 bridgehead atoms. The normalized spacial score (nSPS) is 10.7. The van der Waals surface area contributed by atoms with E-state index in [1.165, 1.54) is 6.07 Å². The SMILES string of the molecule is O=C(NCc1cc(F)cc(F)c1)c1cc(-c2ccncc2)n[nH]c1=O.O=C(O)C(F)(F)F. The Morgan fingerprint density at radius 1 is 1.03 bits per heavy atom. The van der Waals surface area contributed by atoms with Crippen molar-refractivity contribution in [3.05, 3.63) is 81.9 Å². The molecule has 0 spiro atoms. The van der Waals surface area contributed by atoms with Crippen LogP contribution < -0.4 is 10.9 Å². The van der Waals surface area contributed by atoms with Gasteiger partial charge in [-0.1, -0.05) is 0 Å². The van der Waals surface area contributed by atoms with Crippen LogP contribution in [0.2, 0.25) is 0 Å². The highest BCUT2D eigenvalue weighted by Crippen LogP contribution is 2.15. The van der Waals surface area contributed by atoms with Crippen LogP contribution in [0.4, 0.5) is 22.0 Å². The van der Waals surface area contributed by atoms with Gasteiger partial charge in [0.25, 0.3) is 11.5 Å². The molecule has 0 aliphatic carbocycles. The van der Waals surface area contributed by atoms with Gasteiger partial charge in [-0.3, -0.25) is 14.6 Å². The number of alkyl halides is 3. The van der Waals surface area contributed by atoms with Crippen molar-refractivity contribution in [3.8, 4) is 11.3 Å².